The first-order valence-electron chi connectivity index (χ1n) is 7.13. The maximum atomic E-state index is 10.2. The highest BCUT2D eigenvalue weighted by molar-refractivity contribution is 9.10. The van der Waals surface area contributed by atoms with Crippen LogP contribution in [0.25, 0.3) is 0 Å². The Labute approximate surface area is 133 Å². The van der Waals surface area contributed by atoms with Crippen molar-refractivity contribution in [3.8, 4) is 5.75 Å². The van der Waals surface area contributed by atoms with E-state index in [0.29, 0.717) is 5.75 Å². The first kappa shape index (κ1) is 14.3. The average Bonchev–Trinajstić information content (AvgIpc) is 2.50. The fourth-order valence-corrected chi connectivity index (χ4v) is 3.34. The van der Waals surface area contributed by atoms with Gasteiger partial charge in [-0.05, 0) is 37.3 Å². The molecule has 0 fully saturated rings. The molecule has 2 aromatic carbocycles. The number of aromatic hydroxyl groups is 1. The average molecular weight is 347 g/mol. The molecule has 4 heteroatoms. The number of hydrogen-bond donors (Lipinski definition) is 1. The molecular formula is C17H19BrN2O. The van der Waals surface area contributed by atoms with Crippen LogP contribution < -0.4 is 9.80 Å². The minimum Gasteiger partial charge on any atom is -0.508 e. The van der Waals surface area contributed by atoms with Gasteiger partial charge in [-0.2, -0.15) is 0 Å². The third kappa shape index (κ3) is 2.60. The summed E-state index contributed by atoms with van der Waals surface area (Å²) in [5, 5.41) is 10.2. The van der Waals surface area contributed by atoms with Crippen LogP contribution in [0, 0.1) is 0 Å². The second-order valence-electron chi connectivity index (χ2n) is 5.48. The Morgan fingerprint density at radius 1 is 1.10 bits per heavy atom. The Balaban J connectivity index is 2.01. The number of phenolic OH excluding ortho intramolecular Hbond substituents is 1. The molecule has 0 saturated heterocycles. The summed E-state index contributed by atoms with van der Waals surface area (Å²) in [6.07, 6.45) is 0. The highest BCUT2D eigenvalue weighted by atomic mass is 79.9. The van der Waals surface area contributed by atoms with Crippen molar-refractivity contribution in [2.45, 2.75) is 13.0 Å². The predicted molar refractivity (Wildman–Crippen MR) is 91.3 cm³/mol. The molecular weight excluding hydrogens is 328 g/mol. The molecule has 1 heterocycles. The molecule has 0 saturated carbocycles. The van der Waals surface area contributed by atoms with Crippen LogP contribution >= 0.6 is 15.9 Å². The smallest absolute Gasteiger partial charge is 0.120 e. The van der Waals surface area contributed by atoms with E-state index in [-0.39, 0.29) is 6.04 Å². The van der Waals surface area contributed by atoms with E-state index in [1.54, 1.807) is 6.07 Å². The fraction of sp³-hybridized carbons (Fsp3) is 0.294. The van der Waals surface area contributed by atoms with Crippen molar-refractivity contribution in [3.63, 3.8) is 0 Å². The first-order valence-corrected chi connectivity index (χ1v) is 7.92. The number of hydrogen-bond acceptors (Lipinski definition) is 3. The number of para-hydroxylation sites is 2. The van der Waals surface area contributed by atoms with Gasteiger partial charge in [0.2, 0.25) is 0 Å². The van der Waals surface area contributed by atoms with Crippen LogP contribution in [0.2, 0.25) is 0 Å². The van der Waals surface area contributed by atoms with Gasteiger partial charge < -0.3 is 14.9 Å². The molecule has 1 aliphatic rings. The number of anilines is 2. The lowest BCUT2D eigenvalue weighted by Crippen LogP contribution is -2.40. The van der Waals surface area contributed by atoms with Gasteiger partial charge in [0.1, 0.15) is 5.75 Å². The van der Waals surface area contributed by atoms with E-state index < -0.39 is 0 Å². The number of halogens is 1. The Morgan fingerprint density at radius 3 is 2.57 bits per heavy atom. The lowest BCUT2D eigenvalue weighted by molar-refractivity contribution is 0.460. The van der Waals surface area contributed by atoms with E-state index >= 15 is 0 Å². The quantitative estimate of drug-likeness (QED) is 0.883. The molecule has 21 heavy (non-hydrogen) atoms. The molecule has 110 valence electrons. The number of phenols is 1. The molecule has 0 amide bonds. The minimum atomic E-state index is 0.123. The van der Waals surface area contributed by atoms with E-state index in [2.05, 4.69) is 64.0 Å². The molecule has 0 radical (unpaired) electrons. The molecule has 3 nitrogen and oxygen atoms in total. The van der Waals surface area contributed by atoms with Crippen molar-refractivity contribution in [2.24, 2.45) is 0 Å². The highest BCUT2D eigenvalue weighted by Crippen LogP contribution is 2.39. The zero-order valence-corrected chi connectivity index (χ0v) is 13.8. The lowest BCUT2D eigenvalue weighted by atomic mass is 10.0. The largest absolute Gasteiger partial charge is 0.508 e. The molecule has 2 aromatic rings. The lowest BCUT2D eigenvalue weighted by Gasteiger charge is -2.40. The third-order valence-corrected chi connectivity index (χ3v) is 4.68. The molecule has 1 unspecified atom stereocenters. The second kappa shape index (κ2) is 5.60. The van der Waals surface area contributed by atoms with Crippen molar-refractivity contribution in [3.05, 3.63) is 52.5 Å². The van der Waals surface area contributed by atoms with Crippen LogP contribution in [0.5, 0.6) is 5.75 Å². The van der Waals surface area contributed by atoms with E-state index in [0.717, 1.165) is 23.1 Å². The summed E-state index contributed by atoms with van der Waals surface area (Å²) in [4.78, 5) is 4.64. The van der Waals surface area contributed by atoms with Gasteiger partial charge in [0.15, 0.2) is 0 Å². The monoisotopic (exact) mass is 346 g/mol. The van der Waals surface area contributed by atoms with Crippen molar-refractivity contribution in [2.75, 3.05) is 29.9 Å². The van der Waals surface area contributed by atoms with Gasteiger partial charge in [0.05, 0.1) is 17.4 Å². The van der Waals surface area contributed by atoms with Crippen molar-refractivity contribution in [1.82, 2.24) is 0 Å². The van der Waals surface area contributed by atoms with Crippen LogP contribution in [0.4, 0.5) is 11.4 Å². The summed E-state index contributed by atoms with van der Waals surface area (Å²) in [7, 11) is 2.12. The standard InChI is InChI=1S/C17H19BrN2O/c1-12(14-11-13(18)7-8-17(14)21)20-10-9-19(2)15-5-3-4-6-16(15)20/h3-8,11-12,21H,9-10H2,1-2H3. The van der Waals surface area contributed by atoms with Gasteiger partial charge in [-0.15, -0.1) is 0 Å². The van der Waals surface area contributed by atoms with Gasteiger partial charge in [-0.1, -0.05) is 28.1 Å². The van der Waals surface area contributed by atoms with Gasteiger partial charge in [0.25, 0.3) is 0 Å². The van der Waals surface area contributed by atoms with Crippen LogP contribution in [0.3, 0.4) is 0 Å². The summed E-state index contributed by atoms with van der Waals surface area (Å²) in [5.74, 6) is 0.349. The minimum absolute atomic E-state index is 0.123. The van der Waals surface area contributed by atoms with E-state index in [1.807, 2.05) is 12.1 Å². The van der Waals surface area contributed by atoms with Gasteiger partial charge in [-0.25, -0.2) is 0 Å². The van der Waals surface area contributed by atoms with Crippen LogP contribution in [-0.4, -0.2) is 25.2 Å². The number of nitrogens with zero attached hydrogens (tertiary/aromatic N) is 2. The summed E-state index contributed by atoms with van der Waals surface area (Å²) in [6, 6.07) is 14.2. The number of rotatable bonds is 2. The number of benzene rings is 2. The van der Waals surface area contributed by atoms with Crippen LogP contribution in [0.1, 0.15) is 18.5 Å². The first-order chi connectivity index (χ1) is 10.1. The molecule has 1 N–H and O–H groups in total. The molecule has 1 aliphatic heterocycles. The topological polar surface area (TPSA) is 26.7 Å². The van der Waals surface area contributed by atoms with Gasteiger partial charge in [0, 0.05) is 30.2 Å². The normalized spacial score (nSPS) is 15.8. The van der Waals surface area contributed by atoms with Crippen molar-refractivity contribution >= 4 is 27.3 Å². The Kier molecular flexibility index (Phi) is 3.81. The third-order valence-electron chi connectivity index (χ3n) is 4.19. The molecule has 0 bridgehead atoms. The molecule has 0 spiro atoms. The summed E-state index contributed by atoms with van der Waals surface area (Å²) in [6.45, 7) is 4.07. The van der Waals surface area contributed by atoms with Gasteiger partial charge in [-0.3, -0.25) is 0 Å². The summed E-state index contributed by atoms with van der Waals surface area (Å²) >= 11 is 3.49. The van der Waals surface area contributed by atoms with Gasteiger partial charge >= 0.3 is 0 Å². The Bertz CT molecular complexity index is 659. The highest BCUT2D eigenvalue weighted by Gasteiger charge is 2.26. The SMILES string of the molecule is CC(c1cc(Br)ccc1O)N1CCN(C)c2ccccc21. The zero-order valence-electron chi connectivity index (χ0n) is 12.3. The maximum absolute atomic E-state index is 10.2. The summed E-state index contributed by atoms with van der Waals surface area (Å²) < 4.78 is 0.990. The number of likely N-dealkylation sites (N-methyl/N-ethyl adjacent to an activating group) is 1. The van der Waals surface area contributed by atoms with E-state index in [9.17, 15) is 5.11 Å². The maximum Gasteiger partial charge on any atom is 0.120 e. The molecule has 0 aromatic heterocycles. The molecule has 1 atom stereocenters. The van der Waals surface area contributed by atoms with Crippen LogP contribution in [-0.2, 0) is 0 Å². The second-order valence-corrected chi connectivity index (χ2v) is 6.40. The Morgan fingerprint density at radius 2 is 1.81 bits per heavy atom. The molecule has 0 aliphatic carbocycles. The fourth-order valence-electron chi connectivity index (χ4n) is 2.96. The van der Waals surface area contributed by atoms with Crippen molar-refractivity contribution < 1.29 is 5.11 Å². The van der Waals surface area contributed by atoms with E-state index in [1.165, 1.54) is 11.4 Å². The summed E-state index contributed by atoms with van der Waals surface area (Å²) in [5.41, 5.74) is 3.41. The van der Waals surface area contributed by atoms with Crippen LogP contribution in [0.15, 0.2) is 46.9 Å². The van der Waals surface area contributed by atoms with Crippen molar-refractivity contribution in [1.29, 1.82) is 0 Å². The predicted octanol–water partition coefficient (Wildman–Crippen LogP) is 4.17. The zero-order chi connectivity index (χ0) is 15.0. The number of fused-ring (bicyclic) bond motifs is 1. The molecule has 3 rings (SSSR count). The van der Waals surface area contributed by atoms with E-state index in [4.69, 9.17) is 0 Å². The Hall–Kier alpha value is -1.68.